The van der Waals surface area contributed by atoms with Crippen molar-refractivity contribution in [2.75, 3.05) is 17.9 Å². The van der Waals surface area contributed by atoms with Gasteiger partial charge in [-0.1, -0.05) is 48.0 Å². The molecule has 0 spiro atoms. The number of amides is 1. The number of carbonyl (C=O) groups is 1. The summed E-state index contributed by atoms with van der Waals surface area (Å²) in [6.45, 7) is 3.85. The number of aryl methyl sites for hydroxylation is 2. The Balaban J connectivity index is 1.92. The quantitative estimate of drug-likeness (QED) is 0.512. The molecule has 0 heterocycles. The van der Waals surface area contributed by atoms with E-state index < -0.39 is 10.0 Å². The van der Waals surface area contributed by atoms with Crippen LogP contribution in [-0.2, 0) is 21.4 Å². The Kier molecular flexibility index (Phi) is 7.03. The third kappa shape index (κ3) is 5.66. The molecule has 3 aromatic carbocycles. The highest BCUT2D eigenvalue weighted by atomic mass is 35.5. The highest BCUT2D eigenvalue weighted by Gasteiger charge is 2.28. The van der Waals surface area contributed by atoms with Crippen molar-refractivity contribution < 1.29 is 13.2 Å². The van der Waals surface area contributed by atoms with Crippen LogP contribution in [0.1, 0.15) is 16.7 Å². The first-order chi connectivity index (χ1) is 14.7. The van der Waals surface area contributed by atoms with Gasteiger partial charge >= 0.3 is 0 Å². The maximum Gasteiger partial charge on any atom is 0.264 e. The molecule has 0 radical (unpaired) electrons. The lowest BCUT2D eigenvalue weighted by atomic mass is 10.1. The van der Waals surface area contributed by atoms with Gasteiger partial charge in [-0.2, -0.15) is 0 Å². The fourth-order valence-electron chi connectivity index (χ4n) is 3.32. The lowest BCUT2D eigenvalue weighted by Crippen LogP contribution is -2.41. The minimum atomic E-state index is -3.93. The van der Waals surface area contributed by atoms with Crippen LogP contribution in [0.5, 0.6) is 0 Å². The first-order valence-electron chi connectivity index (χ1n) is 9.81. The van der Waals surface area contributed by atoms with Gasteiger partial charge in [0.05, 0.1) is 10.6 Å². The van der Waals surface area contributed by atoms with Crippen LogP contribution in [0.2, 0.25) is 5.02 Å². The van der Waals surface area contributed by atoms with E-state index in [4.69, 9.17) is 11.6 Å². The monoisotopic (exact) mass is 456 g/mol. The van der Waals surface area contributed by atoms with E-state index in [0.717, 1.165) is 16.7 Å². The van der Waals surface area contributed by atoms with E-state index in [1.165, 1.54) is 21.3 Å². The number of hydrogen-bond acceptors (Lipinski definition) is 3. The third-order valence-electron chi connectivity index (χ3n) is 4.86. The highest BCUT2D eigenvalue weighted by molar-refractivity contribution is 7.92. The van der Waals surface area contributed by atoms with Gasteiger partial charge in [0.15, 0.2) is 0 Å². The fraction of sp³-hybridized carbons (Fsp3) is 0.208. The van der Waals surface area contributed by atoms with Crippen molar-refractivity contribution in [1.29, 1.82) is 0 Å². The zero-order valence-electron chi connectivity index (χ0n) is 17.7. The van der Waals surface area contributed by atoms with E-state index >= 15 is 0 Å². The molecule has 31 heavy (non-hydrogen) atoms. The first kappa shape index (κ1) is 22.8. The topological polar surface area (TPSA) is 57.7 Å². The van der Waals surface area contributed by atoms with Crippen molar-refractivity contribution in [3.63, 3.8) is 0 Å². The number of halogens is 1. The molecule has 0 atom stereocenters. The molecule has 0 saturated heterocycles. The average Bonchev–Trinajstić information content (AvgIpc) is 2.73. The van der Waals surface area contributed by atoms with Gasteiger partial charge in [0.1, 0.15) is 6.54 Å². The van der Waals surface area contributed by atoms with E-state index in [9.17, 15) is 13.2 Å². The van der Waals surface area contributed by atoms with Crippen LogP contribution in [0.25, 0.3) is 0 Å². The van der Waals surface area contributed by atoms with Crippen LogP contribution in [0.4, 0.5) is 5.69 Å². The second kappa shape index (κ2) is 9.54. The van der Waals surface area contributed by atoms with E-state index in [0.29, 0.717) is 17.3 Å². The van der Waals surface area contributed by atoms with Gasteiger partial charge in [0, 0.05) is 18.6 Å². The molecule has 0 aliphatic carbocycles. The molecule has 0 aliphatic rings. The van der Waals surface area contributed by atoms with E-state index in [1.54, 1.807) is 49.5 Å². The summed E-state index contributed by atoms with van der Waals surface area (Å²) in [7, 11) is -2.27. The zero-order chi connectivity index (χ0) is 22.6. The normalized spacial score (nSPS) is 11.2. The summed E-state index contributed by atoms with van der Waals surface area (Å²) in [6, 6.07) is 20.9. The number of anilines is 1. The van der Waals surface area contributed by atoms with E-state index in [-0.39, 0.29) is 17.3 Å². The van der Waals surface area contributed by atoms with Gasteiger partial charge in [-0.3, -0.25) is 9.10 Å². The molecule has 0 N–H and O–H groups in total. The average molecular weight is 457 g/mol. The van der Waals surface area contributed by atoms with Crippen molar-refractivity contribution in [2.24, 2.45) is 0 Å². The van der Waals surface area contributed by atoms with Crippen LogP contribution < -0.4 is 4.31 Å². The lowest BCUT2D eigenvalue weighted by Gasteiger charge is -2.27. The van der Waals surface area contributed by atoms with Crippen LogP contribution >= 0.6 is 11.6 Å². The minimum Gasteiger partial charge on any atom is -0.340 e. The maximum atomic E-state index is 13.4. The maximum absolute atomic E-state index is 13.4. The molecule has 3 rings (SSSR count). The molecule has 0 saturated carbocycles. The predicted octanol–water partition coefficient (Wildman–Crippen LogP) is 4.81. The Bertz CT molecular complexity index is 1140. The van der Waals surface area contributed by atoms with Crippen LogP contribution in [0, 0.1) is 13.8 Å². The molecule has 0 fully saturated rings. The van der Waals surface area contributed by atoms with Gasteiger partial charge in [0.2, 0.25) is 5.91 Å². The van der Waals surface area contributed by atoms with E-state index in [2.05, 4.69) is 0 Å². The van der Waals surface area contributed by atoms with Crippen LogP contribution in [-0.4, -0.2) is 32.8 Å². The second-order valence-electron chi connectivity index (χ2n) is 7.55. The van der Waals surface area contributed by atoms with Crippen LogP contribution in [0.3, 0.4) is 0 Å². The number of likely N-dealkylation sites (N-methyl/N-ethyl adjacent to an activating group) is 1. The van der Waals surface area contributed by atoms with Gasteiger partial charge in [-0.25, -0.2) is 8.42 Å². The van der Waals surface area contributed by atoms with Gasteiger partial charge in [-0.05, 0) is 66.9 Å². The fourth-order valence-corrected chi connectivity index (χ4v) is 4.87. The standard InChI is InChI=1S/C24H25ClN2O3S/c1-18-13-19(2)15-22(14-18)27(31(29,30)23-7-5-4-6-8-23)17-24(28)26(3)16-20-9-11-21(25)12-10-20/h4-15H,16-17H2,1-3H3. The van der Waals surface area contributed by atoms with Crippen molar-refractivity contribution in [3.8, 4) is 0 Å². The predicted molar refractivity (Wildman–Crippen MR) is 125 cm³/mol. The summed E-state index contributed by atoms with van der Waals surface area (Å²) in [6.07, 6.45) is 0. The Hall–Kier alpha value is -2.83. The van der Waals surface area contributed by atoms with Crippen molar-refractivity contribution in [1.82, 2.24) is 4.90 Å². The van der Waals surface area contributed by atoms with E-state index in [1.807, 2.05) is 32.0 Å². The number of nitrogens with zero attached hydrogens (tertiary/aromatic N) is 2. The Labute approximate surface area is 188 Å². The van der Waals surface area contributed by atoms with Crippen LogP contribution in [0.15, 0.2) is 77.7 Å². The summed E-state index contributed by atoms with van der Waals surface area (Å²) < 4.78 is 28.1. The van der Waals surface area contributed by atoms with Crippen molar-refractivity contribution >= 4 is 33.2 Å². The zero-order valence-corrected chi connectivity index (χ0v) is 19.3. The van der Waals surface area contributed by atoms with Gasteiger partial charge < -0.3 is 4.90 Å². The van der Waals surface area contributed by atoms with Gasteiger partial charge in [0.25, 0.3) is 10.0 Å². The Morgan fingerprint density at radius 2 is 1.48 bits per heavy atom. The highest BCUT2D eigenvalue weighted by Crippen LogP contribution is 2.26. The molecule has 1 amide bonds. The molecule has 0 aromatic heterocycles. The number of sulfonamides is 1. The second-order valence-corrected chi connectivity index (χ2v) is 9.85. The number of carbonyl (C=O) groups excluding carboxylic acids is 1. The summed E-state index contributed by atoms with van der Waals surface area (Å²) in [5.74, 6) is -0.311. The molecule has 5 nitrogen and oxygen atoms in total. The number of hydrogen-bond donors (Lipinski definition) is 0. The molecule has 3 aromatic rings. The SMILES string of the molecule is Cc1cc(C)cc(N(CC(=O)N(C)Cc2ccc(Cl)cc2)S(=O)(=O)c2ccccc2)c1. The molecule has 0 unspecified atom stereocenters. The summed E-state index contributed by atoms with van der Waals surface area (Å²) in [5.41, 5.74) is 3.22. The number of rotatable bonds is 7. The summed E-state index contributed by atoms with van der Waals surface area (Å²) in [5, 5.41) is 0.618. The van der Waals surface area contributed by atoms with Crippen molar-refractivity contribution in [2.45, 2.75) is 25.3 Å². The Morgan fingerprint density at radius 1 is 0.903 bits per heavy atom. The molecule has 7 heteroatoms. The molecule has 0 bridgehead atoms. The molecule has 0 aliphatic heterocycles. The minimum absolute atomic E-state index is 0.141. The van der Waals surface area contributed by atoms with Gasteiger partial charge in [-0.15, -0.1) is 0 Å². The molecule has 162 valence electrons. The Morgan fingerprint density at radius 3 is 2.06 bits per heavy atom. The number of benzene rings is 3. The smallest absolute Gasteiger partial charge is 0.264 e. The first-order valence-corrected chi connectivity index (χ1v) is 11.6. The molecular formula is C24H25ClN2O3S. The lowest BCUT2D eigenvalue weighted by molar-refractivity contribution is -0.128. The third-order valence-corrected chi connectivity index (χ3v) is 6.90. The summed E-state index contributed by atoms with van der Waals surface area (Å²) >= 11 is 5.93. The van der Waals surface area contributed by atoms with Crippen molar-refractivity contribution in [3.05, 3.63) is 94.5 Å². The summed E-state index contributed by atoms with van der Waals surface area (Å²) in [4.78, 5) is 14.7. The molecular weight excluding hydrogens is 432 g/mol. The largest absolute Gasteiger partial charge is 0.340 e.